The predicted octanol–water partition coefficient (Wildman–Crippen LogP) is 1.43. The van der Waals surface area contributed by atoms with Gasteiger partial charge in [0.1, 0.15) is 11.5 Å². The highest BCUT2D eigenvalue weighted by Crippen LogP contribution is 2.18. The number of nitrogens with two attached hydrogens (primary N) is 1. The van der Waals surface area contributed by atoms with Crippen molar-refractivity contribution in [3.8, 4) is 0 Å². The number of halogens is 1. The fourth-order valence-corrected chi connectivity index (χ4v) is 1.99. The Labute approximate surface area is 124 Å². The number of hydrogen-bond donors (Lipinski definition) is 2. The highest BCUT2D eigenvalue weighted by atomic mass is 35.5. The van der Waals surface area contributed by atoms with Crippen LogP contribution in [0, 0.1) is 0 Å². The SMILES string of the molecule is CCN(CCCN(C)C)C(=O)c1nc(NN)ccc1Cl. The number of hydrogen-bond acceptors (Lipinski definition) is 5. The maximum absolute atomic E-state index is 12.4. The number of aromatic nitrogens is 1. The van der Waals surface area contributed by atoms with Crippen molar-refractivity contribution < 1.29 is 4.79 Å². The molecular weight excluding hydrogens is 278 g/mol. The summed E-state index contributed by atoms with van der Waals surface area (Å²) < 4.78 is 0. The molecule has 7 heteroatoms. The number of amides is 1. The molecule has 1 amide bonds. The van der Waals surface area contributed by atoms with Gasteiger partial charge >= 0.3 is 0 Å². The molecule has 6 nitrogen and oxygen atoms in total. The van der Waals surface area contributed by atoms with Crippen LogP contribution in [-0.4, -0.2) is 54.4 Å². The summed E-state index contributed by atoms with van der Waals surface area (Å²) in [6.07, 6.45) is 0.902. The molecule has 0 aliphatic rings. The van der Waals surface area contributed by atoms with Crippen LogP contribution in [-0.2, 0) is 0 Å². The molecule has 0 saturated carbocycles. The van der Waals surface area contributed by atoms with Crippen molar-refractivity contribution in [2.24, 2.45) is 5.84 Å². The maximum atomic E-state index is 12.4. The lowest BCUT2D eigenvalue weighted by atomic mass is 10.2. The van der Waals surface area contributed by atoms with Crippen LogP contribution in [0.25, 0.3) is 0 Å². The van der Waals surface area contributed by atoms with E-state index in [4.69, 9.17) is 17.4 Å². The van der Waals surface area contributed by atoms with Crippen LogP contribution in [0.4, 0.5) is 5.82 Å². The third-order valence-electron chi connectivity index (χ3n) is 2.90. The van der Waals surface area contributed by atoms with E-state index in [1.165, 1.54) is 0 Å². The average Bonchev–Trinajstić information content (AvgIpc) is 2.43. The number of carbonyl (C=O) groups is 1. The van der Waals surface area contributed by atoms with E-state index in [2.05, 4.69) is 15.3 Å². The molecule has 0 bridgehead atoms. The molecular formula is C13H22ClN5O. The largest absolute Gasteiger partial charge is 0.337 e. The first-order valence-electron chi connectivity index (χ1n) is 6.56. The summed E-state index contributed by atoms with van der Waals surface area (Å²) in [6, 6.07) is 3.24. The van der Waals surface area contributed by atoms with E-state index in [0.717, 1.165) is 13.0 Å². The molecule has 0 saturated heterocycles. The number of nitrogen functional groups attached to an aromatic ring is 1. The minimum atomic E-state index is -0.173. The highest BCUT2D eigenvalue weighted by Gasteiger charge is 2.19. The molecule has 0 radical (unpaired) electrons. The number of nitrogens with zero attached hydrogens (tertiary/aromatic N) is 3. The summed E-state index contributed by atoms with van der Waals surface area (Å²) >= 11 is 6.05. The van der Waals surface area contributed by atoms with E-state index in [1.807, 2.05) is 21.0 Å². The summed E-state index contributed by atoms with van der Waals surface area (Å²) in [5.41, 5.74) is 2.65. The van der Waals surface area contributed by atoms with Crippen molar-refractivity contribution in [2.45, 2.75) is 13.3 Å². The maximum Gasteiger partial charge on any atom is 0.274 e. The normalized spacial score (nSPS) is 10.7. The molecule has 0 aliphatic heterocycles. The molecule has 0 aromatic carbocycles. The number of carbonyl (C=O) groups excluding carboxylic acids is 1. The first-order valence-corrected chi connectivity index (χ1v) is 6.94. The van der Waals surface area contributed by atoms with Crippen LogP contribution in [0.1, 0.15) is 23.8 Å². The molecule has 0 unspecified atom stereocenters. The van der Waals surface area contributed by atoms with Gasteiger partial charge in [0.25, 0.3) is 5.91 Å². The van der Waals surface area contributed by atoms with Gasteiger partial charge in [-0.15, -0.1) is 0 Å². The molecule has 0 spiro atoms. The highest BCUT2D eigenvalue weighted by molar-refractivity contribution is 6.33. The van der Waals surface area contributed by atoms with Gasteiger partial charge in [0.15, 0.2) is 0 Å². The predicted molar refractivity (Wildman–Crippen MR) is 81.8 cm³/mol. The summed E-state index contributed by atoms with van der Waals surface area (Å²) in [7, 11) is 4.01. The van der Waals surface area contributed by atoms with Gasteiger partial charge in [-0.05, 0) is 46.1 Å². The van der Waals surface area contributed by atoms with Crippen molar-refractivity contribution in [3.63, 3.8) is 0 Å². The van der Waals surface area contributed by atoms with Crippen molar-refractivity contribution in [2.75, 3.05) is 39.2 Å². The molecule has 0 aliphatic carbocycles. The quantitative estimate of drug-likeness (QED) is 0.588. The van der Waals surface area contributed by atoms with Crippen LogP contribution in [0.5, 0.6) is 0 Å². The zero-order valence-electron chi connectivity index (χ0n) is 12.2. The number of hydrazine groups is 1. The van der Waals surface area contributed by atoms with E-state index in [0.29, 0.717) is 23.9 Å². The van der Waals surface area contributed by atoms with E-state index in [-0.39, 0.29) is 11.6 Å². The van der Waals surface area contributed by atoms with Crippen LogP contribution in [0.3, 0.4) is 0 Å². The molecule has 112 valence electrons. The molecule has 1 aromatic rings. The fraction of sp³-hybridized carbons (Fsp3) is 0.538. The summed E-state index contributed by atoms with van der Waals surface area (Å²) in [5.74, 6) is 5.55. The Morgan fingerprint density at radius 1 is 1.40 bits per heavy atom. The summed E-state index contributed by atoms with van der Waals surface area (Å²) in [6.45, 7) is 4.15. The lowest BCUT2D eigenvalue weighted by Crippen LogP contribution is -2.34. The Morgan fingerprint density at radius 2 is 2.10 bits per heavy atom. The van der Waals surface area contributed by atoms with E-state index >= 15 is 0 Å². The lowest BCUT2D eigenvalue weighted by molar-refractivity contribution is 0.0753. The number of pyridine rings is 1. The van der Waals surface area contributed by atoms with Gasteiger partial charge in [0.05, 0.1) is 5.02 Å². The lowest BCUT2D eigenvalue weighted by Gasteiger charge is -2.22. The monoisotopic (exact) mass is 299 g/mol. The first-order chi connectivity index (χ1) is 9.49. The van der Waals surface area contributed by atoms with Gasteiger partial charge in [-0.3, -0.25) is 4.79 Å². The summed E-state index contributed by atoms with van der Waals surface area (Å²) in [4.78, 5) is 20.4. The molecule has 1 heterocycles. The molecule has 3 N–H and O–H groups in total. The Hall–Kier alpha value is -1.37. The third kappa shape index (κ3) is 4.63. The van der Waals surface area contributed by atoms with Crippen molar-refractivity contribution >= 4 is 23.3 Å². The zero-order valence-corrected chi connectivity index (χ0v) is 12.9. The van der Waals surface area contributed by atoms with Crippen LogP contribution in [0.15, 0.2) is 12.1 Å². The van der Waals surface area contributed by atoms with Gasteiger partial charge in [-0.25, -0.2) is 10.8 Å². The standard InChI is InChI=1S/C13H22ClN5O/c1-4-19(9-5-8-18(2)3)13(20)12-10(14)6-7-11(16-12)17-15/h6-7H,4-5,8-9,15H2,1-3H3,(H,16,17). The molecule has 0 fully saturated rings. The average molecular weight is 300 g/mol. The number of anilines is 1. The van der Waals surface area contributed by atoms with Gasteiger partial charge in [-0.2, -0.15) is 0 Å². The van der Waals surface area contributed by atoms with Gasteiger partial charge in [-0.1, -0.05) is 11.6 Å². The second-order valence-corrected chi connectivity index (χ2v) is 5.12. The van der Waals surface area contributed by atoms with Crippen LogP contribution in [0.2, 0.25) is 5.02 Å². The minimum absolute atomic E-state index is 0.173. The third-order valence-corrected chi connectivity index (χ3v) is 3.20. The van der Waals surface area contributed by atoms with Gasteiger partial charge in [0.2, 0.25) is 0 Å². The Morgan fingerprint density at radius 3 is 2.65 bits per heavy atom. The molecule has 0 atom stereocenters. The van der Waals surface area contributed by atoms with Gasteiger partial charge in [0, 0.05) is 13.1 Å². The van der Waals surface area contributed by atoms with E-state index in [9.17, 15) is 4.79 Å². The second-order valence-electron chi connectivity index (χ2n) is 4.71. The second kappa shape index (κ2) is 8.04. The summed E-state index contributed by atoms with van der Waals surface area (Å²) in [5, 5.41) is 0.333. The number of rotatable bonds is 7. The molecule has 1 rings (SSSR count). The van der Waals surface area contributed by atoms with Crippen LogP contribution < -0.4 is 11.3 Å². The molecule has 20 heavy (non-hydrogen) atoms. The Balaban J connectivity index is 2.79. The van der Waals surface area contributed by atoms with E-state index < -0.39 is 0 Å². The molecule has 1 aromatic heterocycles. The zero-order chi connectivity index (χ0) is 15.1. The van der Waals surface area contributed by atoms with Crippen molar-refractivity contribution in [1.29, 1.82) is 0 Å². The van der Waals surface area contributed by atoms with E-state index in [1.54, 1.807) is 17.0 Å². The fourth-order valence-electron chi connectivity index (χ4n) is 1.80. The topological polar surface area (TPSA) is 74.5 Å². The minimum Gasteiger partial charge on any atom is -0.337 e. The number of nitrogens with one attached hydrogen (secondary N) is 1. The van der Waals surface area contributed by atoms with Crippen molar-refractivity contribution in [3.05, 3.63) is 22.8 Å². The van der Waals surface area contributed by atoms with Crippen molar-refractivity contribution in [1.82, 2.24) is 14.8 Å². The van der Waals surface area contributed by atoms with Gasteiger partial charge < -0.3 is 15.2 Å². The smallest absolute Gasteiger partial charge is 0.274 e. The Bertz CT molecular complexity index is 452. The van der Waals surface area contributed by atoms with Crippen LogP contribution >= 0.6 is 11.6 Å². The first kappa shape index (κ1) is 16.7. The Kier molecular flexibility index (Phi) is 6.70.